The molecule has 0 radical (unpaired) electrons. The summed E-state index contributed by atoms with van der Waals surface area (Å²) in [6.45, 7) is 5.25. The van der Waals surface area contributed by atoms with Gasteiger partial charge in [0.1, 0.15) is 17.5 Å². The van der Waals surface area contributed by atoms with Gasteiger partial charge in [0.05, 0.1) is 11.4 Å². The largest absolute Gasteiger partial charge is 0.338 e. The highest BCUT2D eigenvalue weighted by Gasteiger charge is 2.25. The number of amides is 1. The van der Waals surface area contributed by atoms with E-state index in [1.165, 1.54) is 0 Å². The molecule has 1 saturated heterocycles. The molecule has 31 heavy (non-hydrogen) atoms. The minimum atomic E-state index is 0.0130. The molecule has 1 atom stereocenters. The molecule has 160 valence electrons. The summed E-state index contributed by atoms with van der Waals surface area (Å²) in [7, 11) is 1.86. The predicted octanol–water partition coefficient (Wildman–Crippen LogP) is 3.38. The van der Waals surface area contributed by atoms with E-state index >= 15 is 0 Å². The van der Waals surface area contributed by atoms with Crippen molar-refractivity contribution in [3.63, 3.8) is 0 Å². The summed E-state index contributed by atoms with van der Waals surface area (Å²) in [5, 5.41) is 7.40. The maximum absolute atomic E-state index is 12.7. The smallest absolute Gasteiger partial charge is 0.246 e. The number of pyridine rings is 1. The number of aromatic nitrogens is 5. The van der Waals surface area contributed by atoms with E-state index in [1.54, 1.807) is 17.0 Å². The standard InChI is InChI=1S/C23H27N7O/c1-16-6-4-8-21(25-16)28-22-14-20(26-17(2)27-22)18-7-5-13-30(15-18)23(31)10-9-19-11-12-24-29(19)3/h4,6,8-12,14,18H,5,7,13,15H2,1-3H3,(H,25,26,27,28)/b10-9+/t18-/m0/s1. The van der Waals surface area contributed by atoms with Crippen LogP contribution in [0.25, 0.3) is 6.08 Å². The summed E-state index contributed by atoms with van der Waals surface area (Å²) in [5.41, 5.74) is 2.79. The zero-order valence-electron chi connectivity index (χ0n) is 18.1. The Bertz CT molecular complexity index is 1100. The first-order valence-corrected chi connectivity index (χ1v) is 10.5. The summed E-state index contributed by atoms with van der Waals surface area (Å²) >= 11 is 0. The van der Waals surface area contributed by atoms with Crippen molar-refractivity contribution < 1.29 is 4.79 Å². The van der Waals surface area contributed by atoms with Crippen LogP contribution in [0, 0.1) is 13.8 Å². The van der Waals surface area contributed by atoms with Crippen LogP contribution < -0.4 is 5.32 Å². The number of rotatable bonds is 5. The van der Waals surface area contributed by atoms with Gasteiger partial charge in [-0.05, 0) is 51.0 Å². The number of nitrogens with one attached hydrogen (secondary N) is 1. The van der Waals surface area contributed by atoms with Gasteiger partial charge in [-0.25, -0.2) is 15.0 Å². The highest BCUT2D eigenvalue weighted by atomic mass is 16.2. The first-order valence-electron chi connectivity index (χ1n) is 10.5. The van der Waals surface area contributed by atoms with Crippen molar-refractivity contribution >= 4 is 23.6 Å². The maximum Gasteiger partial charge on any atom is 0.246 e. The Labute approximate surface area is 182 Å². The lowest BCUT2D eigenvalue weighted by Crippen LogP contribution is -2.38. The van der Waals surface area contributed by atoms with Gasteiger partial charge in [-0.3, -0.25) is 9.48 Å². The second kappa shape index (κ2) is 9.07. The molecule has 1 N–H and O–H groups in total. The van der Waals surface area contributed by atoms with Gasteiger partial charge in [0.25, 0.3) is 0 Å². The topological polar surface area (TPSA) is 88.8 Å². The van der Waals surface area contributed by atoms with Crippen molar-refractivity contribution in [3.8, 4) is 0 Å². The van der Waals surface area contributed by atoms with E-state index in [1.807, 2.05) is 62.2 Å². The molecule has 4 rings (SSSR count). The molecule has 0 bridgehead atoms. The number of nitrogens with zero attached hydrogens (tertiary/aromatic N) is 6. The molecule has 1 amide bonds. The summed E-state index contributed by atoms with van der Waals surface area (Å²) in [6.07, 6.45) is 7.09. The Morgan fingerprint density at radius 1 is 1.16 bits per heavy atom. The number of likely N-dealkylation sites (tertiary alicyclic amines) is 1. The monoisotopic (exact) mass is 417 g/mol. The fraction of sp³-hybridized carbons (Fsp3) is 0.348. The van der Waals surface area contributed by atoms with Crippen LogP contribution in [0.15, 0.2) is 42.6 Å². The SMILES string of the molecule is Cc1cccc(Nc2cc([C@H]3CCCN(C(=O)/C=C/c4ccnn4C)C3)nc(C)n2)n1. The molecule has 1 aliphatic rings. The van der Waals surface area contributed by atoms with Crippen LogP contribution in [0.5, 0.6) is 0 Å². The highest BCUT2D eigenvalue weighted by Crippen LogP contribution is 2.28. The number of hydrogen-bond acceptors (Lipinski definition) is 6. The van der Waals surface area contributed by atoms with Crippen molar-refractivity contribution in [2.75, 3.05) is 18.4 Å². The fourth-order valence-corrected chi connectivity index (χ4v) is 3.84. The Kier molecular flexibility index (Phi) is 6.06. The molecule has 0 saturated carbocycles. The Morgan fingerprint density at radius 3 is 2.81 bits per heavy atom. The molecule has 3 aromatic heterocycles. The maximum atomic E-state index is 12.7. The van der Waals surface area contributed by atoms with Crippen molar-refractivity contribution in [3.05, 3.63) is 65.5 Å². The molecule has 8 heteroatoms. The third-order valence-electron chi connectivity index (χ3n) is 5.41. The first-order chi connectivity index (χ1) is 15.0. The molecule has 0 spiro atoms. The fourth-order valence-electron chi connectivity index (χ4n) is 3.84. The number of hydrogen-bond donors (Lipinski definition) is 1. The van der Waals surface area contributed by atoms with Crippen molar-refractivity contribution in [1.82, 2.24) is 29.6 Å². The summed E-state index contributed by atoms with van der Waals surface area (Å²) in [6, 6.07) is 9.69. The van der Waals surface area contributed by atoms with E-state index in [-0.39, 0.29) is 11.8 Å². The van der Waals surface area contributed by atoms with Crippen LogP contribution >= 0.6 is 0 Å². The molecule has 1 fully saturated rings. The lowest BCUT2D eigenvalue weighted by atomic mass is 9.94. The zero-order valence-corrected chi connectivity index (χ0v) is 18.1. The lowest BCUT2D eigenvalue weighted by molar-refractivity contribution is -0.127. The number of anilines is 2. The average molecular weight is 418 g/mol. The third kappa shape index (κ3) is 5.14. The average Bonchev–Trinajstić information content (AvgIpc) is 3.16. The lowest BCUT2D eigenvalue weighted by Gasteiger charge is -2.32. The van der Waals surface area contributed by atoms with Gasteiger partial charge in [-0.1, -0.05) is 6.07 Å². The van der Waals surface area contributed by atoms with Crippen molar-refractivity contribution in [1.29, 1.82) is 0 Å². The Balaban J connectivity index is 1.47. The predicted molar refractivity (Wildman–Crippen MR) is 120 cm³/mol. The van der Waals surface area contributed by atoms with Crippen LogP contribution in [-0.2, 0) is 11.8 Å². The summed E-state index contributed by atoms with van der Waals surface area (Å²) < 4.78 is 1.74. The molecule has 0 unspecified atom stereocenters. The van der Waals surface area contributed by atoms with Crippen LogP contribution in [0.4, 0.5) is 11.6 Å². The van der Waals surface area contributed by atoms with Crippen LogP contribution in [0.2, 0.25) is 0 Å². The zero-order chi connectivity index (χ0) is 21.8. The van der Waals surface area contributed by atoms with Gasteiger partial charge in [-0.15, -0.1) is 0 Å². The van der Waals surface area contributed by atoms with Crippen molar-refractivity contribution in [2.24, 2.45) is 7.05 Å². The number of carbonyl (C=O) groups is 1. The quantitative estimate of drug-likeness (QED) is 0.640. The van der Waals surface area contributed by atoms with E-state index in [9.17, 15) is 4.79 Å². The molecular formula is C23H27N7O. The van der Waals surface area contributed by atoms with E-state index in [2.05, 4.69) is 25.4 Å². The molecular weight excluding hydrogens is 390 g/mol. The highest BCUT2D eigenvalue weighted by molar-refractivity contribution is 5.91. The van der Waals surface area contributed by atoms with Gasteiger partial charge in [0, 0.05) is 50.1 Å². The van der Waals surface area contributed by atoms with E-state index < -0.39 is 0 Å². The van der Waals surface area contributed by atoms with Crippen molar-refractivity contribution in [2.45, 2.75) is 32.6 Å². The number of piperidine rings is 1. The summed E-state index contributed by atoms with van der Waals surface area (Å²) in [4.78, 5) is 28.3. The first kappa shape index (κ1) is 20.7. The second-order valence-electron chi connectivity index (χ2n) is 7.85. The molecule has 1 aliphatic heterocycles. The summed E-state index contributed by atoms with van der Waals surface area (Å²) in [5.74, 6) is 2.37. The Hall–Kier alpha value is -3.55. The number of carbonyl (C=O) groups excluding carboxylic acids is 1. The molecule has 4 heterocycles. The molecule has 3 aromatic rings. The van der Waals surface area contributed by atoms with E-state index in [0.29, 0.717) is 12.4 Å². The normalized spacial score (nSPS) is 16.6. The van der Waals surface area contributed by atoms with E-state index in [0.717, 1.165) is 48.1 Å². The van der Waals surface area contributed by atoms with Gasteiger partial charge >= 0.3 is 0 Å². The van der Waals surface area contributed by atoms with Gasteiger partial charge in [0.2, 0.25) is 5.91 Å². The Morgan fingerprint density at radius 2 is 2.03 bits per heavy atom. The van der Waals surface area contributed by atoms with Crippen LogP contribution in [0.3, 0.4) is 0 Å². The van der Waals surface area contributed by atoms with Gasteiger partial charge < -0.3 is 10.2 Å². The van der Waals surface area contributed by atoms with Gasteiger partial charge in [-0.2, -0.15) is 5.10 Å². The number of aryl methyl sites for hydroxylation is 3. The molecule has 8 nitrogen and oxygen atoms in total. The minimum Gasteiger partial charge on any atom is -0.338 e. The van der Waals surface area contributed by atoms with Gasteiger partial charge in [0.15, 0.2) is 0 Å². The second-order valence-corrected chi connectivity index (χ2v) is 7.85. The molecule has 0 aromatic carbocycles. The minimum absolute atomic E-state index is 0.0130. The van der Waals surface area contributed by atoms with E-state index in [4.69, 9.17) is 0 Å². The molecule has 0 aliphatic carbocycles. The third-order valence-corrected chi connectivity index (χ3v) is 5.41. The van der Waals surface area contributed by atoms with Crippen LogP contribution in [-0.4, -0.2) is 48.6 Å². The van der Waals surface area contributed by atoms with Crippen LogP contribution in [0.1, 0.15) is 41.7 Å².